The van der Waals surface area contributed by atoms with Crippen molar-refractivity contribution in [1.29, 1.82) is 0 Å². The minimum absolute atomic E-state index is 0.0193. The fourth-order valence-electron chi connectivity index (χ4n) is 8.12. The van der Waals surface area contributed by atoms with Gasteiger partial charge in [-0.3, -0.25) is 34.2 Å². The molecule has 1 saturated heterocycles. The maximum Gasteiger partial charge on any atom is 0.305 e. The summed E-state index contributed by atoms with van der Waals surface area (Å²) in [5.41, 5.74) is 3.00. The van der Waals surface area contributed by atoms with Gasteiger partial charge in [0, 0.05) is 33.9 Å². The minimum atomic E-state index is -0.514. The number of rotatable bonds is 7. The highest BCUT2D eigenvalue weighted by atomic mass is 32.2. The van der Waals surface area contributed by atoms with Crippen molar-refractivity contribution in [2.24, 2.45) is 29.6 Å². The molecule has 11 nitrogen and oxygen atoms in total. The summed E-state index contributed by atoms with van der Waals surface area (Å²) in [7, 11) is 0. The molecule has 0 radical (unpaired) electrons. The summed E-state index contributed by atoms with van der Waals surface area (Å²) in [6.45, 7) is 1.82. The average Bonchev–Trinajstić information content (AvgIpc) is 3.80. The lowest BCUT2D eigenvalue weighted by molar-refractivity contribution is -0.384. The highest BCUT2D eigenvalue weighted by Gasteiger charge is 2.69. The van der Waals surface area contributed by atoms with Gasteiger partial charge in [-0.05, 0) is 73.1 Å². The number of non-ortho nitro benzene ring substituents is 1. The molecule has 3 aromatic carbocycles. The van der Waals surface area contributed by atoms with E-state index in [0.29, 0.717) is 17.1 Å². The van der Waals surface area contributed by atoms with E-state index >= 15 is 0 Å². The van der Waals surface area contributed by atoms with Gasteiger partial charge < -0.3 is 15.0 Å². The number of thioether (sulfide) groups is 1. The number of fused-ring (bicyclic) bond motifs is 9. The summed E-state index contributed by atoms with van der Waals surface area (Å²) < 4.78 is 5.78. The first-order valence-electron chi connectivity index (χ1n) is 15.3. The third kappa shape index (κ3) is 4.87. The van der Waals surface area contributed by atoms with Crippen molar-refractivity contribution in [2.75, 3.05) is 16.8 Å². The van der Waals surface area contributed by atoms with Gasteiger partial charge in [-0.1, -0.05) is 41.2 Å². The van der Waals surface area contributed by atoms with Gasteiger partial charge >= 0.3 is 4.87 Å². The molecule has 47 heavy (non-hydrogen) atoms. The molecule has 3 fully saturated rings. The van der Waals surface area contributed by atoms with Crippen molar-refractivity contribution < 1.29 is 24.0 Å². The summed E-state index contributed by atoms with van der Waals surface area (Å²) in [5, 5.41) is 14.8. The Morgan fingerprint density at radius 3 is 2.34 bits per heavy atom. The normalized spacial score (nSPS) is 26.9. The number of amides is 3. The Labute approximate surface area is 276 Å². The second kappa shape index (κ2) is 11.2. The first kappa shape index (κ1) is 29.6. The molecule has 13 heteroatoms. The van der Waals surface area contributed by atoms with Crippen LogP contribution in [0.15, 0.2) is 82.6 Å². The Hall–Kier alpha value is -4.75. The summed E-state index contributed by atoms with van der Waals surface area (Å²) in [5.74, 6) is -1.48. The molecule has 2 aliphatic carbocycles. The number of hydrogen-bond acceptors (Lipinski definition) is 9. The number of nitrogens with one attached hydrogen (secondary N) is 2. The zero-order valence-corrected chi connectivity index (χ0v) is 26.6. The van der Waals surface area contributed by atoms with Crippen molar-refractivity contribution in [2.45, 2.75) is 29.5 Å². The van der Waals surface area contributed by atoms with Crippen LogP contribution in [0.25, 0.3) is 0 Å². The van der Waals surface area contributed by atoms with Crippen LogP contribution in [0, 0.1) is 46.6 Å². The van der Waals surface area contributed by atoms with E-state index in [4.69, 9.17) is 4.74 Å². The maximum absolute atomic E-state index is 13.9. The summed E-state index contributed by atoms with van der Waals surface area (Å²) >= 11 is 2.79. The molecule has 2 aliphatic heterocycles. The zero-order valence-electron chi connectivity index (χ0n) is 25.0. The van der Waals surface area contributed by atoms with Crippen molar-refractivity contribution in [3.8, 4) is 5.75 Å². The van der Waals surface area contributed by atoms with Gasteiger partial charge in [0.25, 0.3) is 11.6 Å². The van der Waals surface area contributed by atoms with Crippen molar-refractivity contribution in [1.82, 2.24) is 4.98 Å². The topological polar surface area (TPSA) is 152 Å². The molecule has 3 heterocycles. The minimum Gasteiger partial charge on any atom is -0.484 e. The van der Waals surface area contributed by atoms with E-state index in [1.807, 2.05) is 55.5 Å². The Morgan fingerprint density at radius 1 is 0.979 bits per heavy atom. The highest BCUT2D eigenvalue weighted by Crippen LogP contribution is 2.68. The Balaban J connectivity index is 1.05. The molecule has 4 unspecified atom stereocenters. The zero-order chi connectivity index (χ0) is 32.6. The monoisotopic (exact) mass is 668 g/mol. The number of aromatic nitrogens is 1. The third-order valence-electron chi connectivity index (χ3n) is 9.99. The van der Waals surface area contributed by atoms with Crippen LogP contribution in [0.5, 0.6) is 5.75 Å². The number of thiazole rings is 1. The van der Waals surface area contributed by atoms with Gasteiger partial charge in [-0.2, -0.15) is 0 Å². The van der Waals surface area contributed by atoms with Crippen LogP contribution in [0.4, 0.5) is 17.1 Å². The first-order valence-corrected chi connectivity index (χ1v) is 17.0. The molecule has 4 aliphatic rings. The van der Waals surface area contributed by atoms with E-state index in [0.717, 1.165) is 27.5 Å². The number of ether oxygens (including phenoxy) is 1. The molecule has 2 N–H and O–H groups in total. The fraction of sp³-hybridized carbons (Fsp3) is 0.294. The second-order valence-electron chi connectivity index (χ2n) is 12.5. The number of carbonyl (C=O) groups is 3. The van der Waals surface area contributed by atoms with Crippen molar-refractivity contribution in [3.05, 3.63) is 109 Å². The Bertz CT molecular complexity index is 1990. The highest BCUT2D eigenvalue weighted by molar-refractivity contribution is 8.00. The van der Waals surface area contributed by atoms with Crippen LogP contribution in [-0.2, 0) is 14.4 Å². The Kier molecular flexibility index (Phi) is 7.06. The van der Waals surface area contributed by atoms with E-state index < -0.39 is 16.8 Å². The molecule has 4 aromatic rings. The van der Waals surface area contributed by atoms with Crippen LogP contribution in [-0.4, -0.2) is 39.5 Å². The van der Waals surface area contributed by atoms with Crippen LogP contribution in [0.3, 0.4) is 0 Å². The van der Waals surface area contributed by atoms with Gasteiger partial charge in [0.2, 0.25) is 11.8 Å². The average molecular weight is 669 g/mol. The molecule has 238 valence electrons. The quantitative estimate of drug-likeness (QED) is 0.152. The van der Waals surface area contributed by atoms with E-state index in [1.54, 1.807) is 11.8 Å². The predicted octanol–water partition coefficient (Wildman–Crippen LogP) is 5.35. The number of anilines is 2. The van der Waals surface area contributed by atoms with E-state index in [9.17, 15) is 29.3 Å². The van der Waals surface area contributed by atoms with Gasteiger partial charge in [-0.25, -0.2) is 0 Å². The summed E-state index contributed by atoms with van der Waals surface area (Å²) in [6.07, 6.45) is 0.746. The van der Waals surface area contributed by atoms with Gasteiger partial charge in [0.15, 0.2) is 6.61 Å². The number of nitrogens with zero attached hydrogens (tertiary/aromatic N) is 2. The smallest absolute Gasteiger partial charge is 0.305 e. The molecule has 3 amide bonds. The molecule has 1 aromatic heterocycles. The number of nitro groups is 1. The van der Waals surface area contributed by atoms with Crippen LogP contribution in [0.2, 0.25) is 0 Å². The molecule has 0 spiro atoms. The van der Waals surface area contributed by atoms with Gasteiger partial charge in [0.05, 0.1) is 27.5 Å². The van der Waals surface area contributed by atoms with Crippen LogP contribution < -0.4 is 19.8 Å². The summed E-state index contributed by atoms with van der Waals surface area (Å²) in [6, 6.07) is 20.6. The predicted molar refractivity (Wildman–Crippen MR) is 176 cm³/mol. The van der Waals surface area contributed by atoms with Crippen LogP contribution >= 0.6 is 23.1 Å². The molecular formula is C34H28N4O7S2. The number of carbonyl (C=O) groups excluding carboxylic acids is 3. The molecule has 2 bridgehead atoms. The largest absolute Gasteiger partial charge is 0.484 e. The summed E-state index contributed by atoms with van der Waals surface area (Å²) in [4.78, 5) is 68.5. The molecule has 2 saturated carbocycles. The Morgan fingerprint density at radius 2 is 1.66 bits per heavy atom. The van der Waals surface area contributed by atoms with E-state index in [-0.39, 0.29) is 63.8 Å². The first-order chi connectivity index (χ1) is 22.7. The SMILES string of the molecule is Cc1ccc(NC(=O)COc2ccc([C@H]3c4sc(=O)[nH]c4SC4C3[C@H]3C[C@@H]4C4C(=O)N(c5ccc([N+](=O)[O-])cc5)C(=O)C43)cc2)cc1. The maximum atomic E-state index is 13.9. The van der Waals surface area contributed by atoms with E-state index in [2.05, 4.69) is 10.3 Å². The van der Waals surface area contributed by atoms with Crippen molar-refractivity contribution in [3.63, 3.8) is 0 Å². The van der Waals surface area contributed by atoms with E-state index in [1.165, 1.54) is 40.5 Å². The third-order valence-corrected chi connectivity index (χ3v) is 12.6. The number of aryl methyl sites for hydroxylation is 1. The molecular weight excluding hydrogens is 641 g/mol. The van der Waals surface area contributed by atoms with Gasteiger partial charge in [-0.15, -0.1) is 11.8 Å². The van der Waals surface area contributed by atoms with Crippen LogP contribution in [0.1, 0.15) is 28.3 Å². The number of aromatic amines is 1. The number of benzene rings is 3. The van der Waals surface area contributed by atoms with Gasteiger partial charge in [0.1, 0.15) is 5.75 Å². The second-order valence-corrected chi connectivity index (χ2v) is 14.7. The van der Waals surface area contributed by atoms with Crippen molar-refractivity contribution >= 4 is 57.9 Å². The lowest BCUT2D eigenvalue weighted by Gasteiger charge is -2.43. The standard InChI is InChI=1S/C34H28N4O7S2/c1-16-2-6-18(7-3-16)35-24(39)15-45-21-12-4-17(5-13-21)25-26-22-14-23(29(26)46-31-30(25)47-34(42)36-31)28-27(22)32(40)37(33(28)41)19-8-10-20(11-9-19)38(43)44/h2-13,22-23,25-29H,14-15H2,1H3,(H,35,39)(H,36,42)/t22-,23-,25-,26?,27?,28?,29?/m1/s1. The lowest BCUT2D eigenvalue weighted by atomic mass is 9.68. The fourth-order valence-corrected chi connectivity index (χ4v) is 11.0. The molecule has 8 rings (SSSR count). The number of nitro benzene ring substituents is 1. The number of imide groups is 1. The number of H-pyrrole nitrogens is 1. The number of hydrogen-bond donors (Lipinski definition) is 2. The lowest BCUT2D eigenvalue weighted by Crippen LogP contribution is -2.42. The molecule has 7 atom stereocenters.